The van der Waals surface area contributed by atoms with Gasteiger partial charge in [0.1, 0.15) is 12.4 Å². The second-order valence-electron chi connectivity index (χ2n) is 8.84. The van der Waals surface area contributed by atoms with Crippen LogP contribution in [0.15, 0.2) is 55.4 Å². The zero-order valence-corrected chi connectivity index (χ0v) is 19.9. The standard InChI is InChI=1S/C23H21ClFN10O/c1-32-21(10-26-30-32)16-9-28-33(11-16)20(8-14-2-3-14)18-6-4-15(12-35(18)36)22-19(34-13-27-29-31-34)7-5-17(24)23(22)25/h4-7,9-14,20,36H,2-3,8H2,1H3/q+1. The molecule has 0 radical (unpaired) electrons. The summed E-state index contributed by atoms with van der Waals surface area (Å²) in [5, 5.41) is 34.7. The van der Waals surface area contributed by atoms with Crippen LogP contribution >= 0.6 is 11.6 Å². The fourth-order valence-corrected chi connectivity index (χ4v) is 4.57. The minimum absolute atomic E-state index is 0.0456. The first-order chi connectivity index (χ1) is 17.5. The van der Waals surface area contributed by atoms with Crippen LogP contribution in [0.25, 0.3) is 28.1 Å². The van der Waals surface area contributed by atoms with Gasteiger partial charge in [0, 0.05) is 29.6 Å². The molecule has 13 heteroatoms. The molecule has 1 fully saturated rings. The van der Waals surface area contributed by atoms with Crippen LogP contribution in [0.4, 0.5) is 4.39 Å². The second-order valence-corrected chi connectivity index (χ2v) is 9.25. The van der Waals surface area contributed by atoms with Gasteiger partial charge in [0.2, 0.25) is 6.20 Å². The van der Waals surface area contributed by atoms with Crippen LogP contribution < -0.4 is 4.73 Å². The SMILES string of the molecule is Cn1nncc1-c1cnn(C(CC2CC2)c2ccc(-c3c(-n4cnnn4)ccc(Cl)c3F)c[n+]2O)c1. The van der Waals surface area contributed by atoms with Gasteiger partial charge >= 0.3 is 0 Å². The summed E-state index contributed by atoms with van der Waals surface area (Å²) in [6.07, 6.45) is 11.3. The van der Waals surface area contributed by atoms with Gasteiger partial charge in [-0.15, -0.1) is 10.2 Å². The lowest BCUT2D eigenvalue weighted by atomic mass is 10.0. The summed E-state index contributed by atoms with van der Waals surface area (Å²) >= 11 is 6.09. The monoisotopic (exact) mass is 507 g/mol. The highest BCUT2D eigenvalue weighted by Gasteiger charge is 2.34. The van der Waals surface area contributed by atoms with Crippen LogP contribution in [-0.2, 0) is 7.05 Å². The first kappa shape index (κ1) is 22.3. The molecule has 1 unspecified atom stereocenters. The van der Waals surface area contributed by atoms with Gasteiger partial charge in [-0.05, 0) is 41.0 Å². The van der Waals surface area contributed by atoms with E-state index in [9.17, 15) is 5.21 Å². The summed E-state index contributed by atoms with van der Waals surface area (Å²) in [4.78, 5) is 0. The number of aromatic nitrogens is 10. The van der Waals surface area contributed by atoms with Crippen LogP contribution in [0.3, 0.4) is 0 Å². The lowest BCUT2D eigenvalue weighted by Gasteiger charge is -2.15. The Morgan fingerprint density at radius 3 is 2.69 bits per heavy atom. The molecule has 4 aromatic heterocycles. The Morgan fingerprint density at radius 1 is 1.14 bits per heavy atom. The van der Waals surface area contributed by atoms with Crippen LogP contribution in [0.2, 0.25) is 5.02 Å². The van der Waals surface area contributed by atoms with E-state index in [4.69, 9.17) is 11.6 Å². The van der Waals surface area contributed by atoms with E-state index in [0.29, 0.717) is 22.9 Å². The van der Waals surface area contributed by atoms with Crippen molar-refractivity contribution in [2.24, 2.45) is 13.0 Å². The van der Waals surface area contributed by atoms with Crippen molar-refractivity contribution < 1.29 is 14.3 Å². The quantitative estimate of drug-likeness (QED) is 0.266. The second kappa shape index (κ2) is 8.79. The van der Waals surface area contributed by atoms with Gasteiger partial charge < -0.3 is 0 Å². The molecule has 0 saturated heterocycles. The average Bonchev–Trinajstić information content (AvgIpc) is 3.24. The van der Waals surface area contributed by atoms with E-state index in [1.54, 1.807) is 35.3 Å². The first-order valence-corrected chi connectivity index (χ1v) is 11.7. The third kappa shape index (κ3) is 3.98. The van der Waals surface area contributed by atoms with Gasteiger partial charge in [-0.25, -0.2) is 9.07 Å². The number of pyridine rings is 1. The van der Waals surface area contributed by atoms with Gasteiger partial charge in [0.25, 0.3) is 5.69 Å². The normalized spacial score (nSPS) is 14.3. The largest absolute Gasteiger partial charge is 0.285 e. The molecular formula is C23H21ClFN10O+. The van der Waals surface area contributed by atoms with E-state index >= 15 is 4.39 Å². The molecule has 1 aliphatic rings. The van der Waals surface area contributed by atoms with Crippen molar-refractivity contribution in [2.75, 3.05) is 0 Å². The zero-order valence-electron chi connectivity index (χ0n) is 19.1. The Kier molecular flexibility index (Phi) is 5.44. The third-order valence-corrected chi connectivity index (χ3v) is 6.73. The van der Waals surface area contributed by atoms with Crippen LogP contribution in [0.5, 0.6) is 0 Å². The Balaban J connectivity index is 1.41. The van der Waals surface area contributed by atoms with Gasteiger partial charge in [-0.3, -0.25) is 9.89 Å². The molecular weight excluding hydrogens is 487 g/mol. The zero-order chi connectivity index (χ0) is 24.8. The summed E-state index contributed by atoms with van der Waals surface area (Å²) in [6.45, 7) is 0. The van der Waals surface area contributed by atoms with Gasteiger partial charge in [-0.2, -0.15) is 9.78 Å². The van der Waals surface area contributed by atoms with Gasteiger partial charge in [-0.1, -0.05) is 29.7 Å². The molecule has 182 valence electrons. The number of nitrogens with zero attached hydrogens (tertiary/aromatic N) is 10. The molecule has 0 bridgehead atoms. The minimum atomic E-state index is -0.631. The van der Waals surface area contributed by atoms with Gasteiger partial charge in [0.05, 0.1) is 39.9 Å². The number of rotatable bonds is 7. The highest BCUT2D eigenvalue weighted by atomic mass is 35.5. The molecule has 0 aliphatic heterocycles. The van der Waals surface area contributed by atoms with Crippen molar-refractivity contribution in [1.82, 2.24) is 45.0 Å². The van der Waals surface area contributed by atoms with E-state index in [1.165, 1.54) is 23.3 Å². The van der Waals surface area contributed by atoms with Crippen molar-refractivity contribution in [3.05, 3.63) is 71.9 Å². The summed E-state index contributed by atoms with van der Waals surface area (Å²) in [5.41, 5.74) is 3.31. The lowest BCUT2D eigenvalue weighted by Crippen LogP contribution is -2.38. The molecule has 1 saturated carbocycles. The van der Waals surface area contributed by atoms with E-state index in [-0.39, 0.29) is 16.6 Å². The molecule has 0 amide bonds. The number of halogens is 2. The Hall–Kier alpha value is -4.19. The summed E-state index contributed by atoms with van der Waals surface area (Å²) < 4.78 is 21.1. The predicted molar refractivity (Wildman–Crippen MR) is 125 cm³/mol. The predicted octanol–water partition coefficient (Wildman–Crippen LogP) is 3.03. The average molecular weight is 508 g/mol. The van der Waals surface area contributed by atoms with Crippen LogP contribution in [-0.4, -0.2) is 50.2 Å². The smallest absolute Gasteiger partial charge is 0.258 e. The lowest BCUT2D eigenvalue weighted by molar-refractivity contribution is -0.910. The van der Waals surface area contributed by atoms with Crippen LogP contribution in [0.1, 0.15) is 31.0 Å². The molecule has 1 atom stereocenters. The van der Waals surface area contributed by atoms with Crippen molar-refractivity contribution >= 4 is 11.6 Å². The molecule has 0 spiro atoms. The topological polar surface area (TPSA) is 116 Å². The Morgan fingerprint density at radius 2 is 2.00 bits per heavy atom. The molecule has 6 rings (SSSR count). The molecule has 1 aromatic carbocycles. The van der Waals surface area contributed by atoms with Crippen molar-refractivity contribution in [2.45, 2.75) is 25.3 Å². The van der Waals surface area contributed by atoms with E-state index in [1.807, 2.05) is 17.9 Å². The highest BCUT2D eigenvalue weighted by molar-refractivity contribution is 6.31. The summed E-state index contributed by atoms with van der Waals surface area (Å²) in [7, 11) is 1.82. The number of aryl methyl sites for hydroxylation is 1. The molecule has 1 aliphatic carbocycles. The third-order valence-electron chi connectivity index (χ3n) is 6.44. The van der Waals surface area contributed by atoms with Crippen molar-refractivity contribution in [3.63, 3.8) is 0 Å². The molecule has 1 N–H and O–H groups in total. The van der Waals surface area contributed by atoms with E-state index in [0.717, 1.165) is 35.3 Å². The fourth-order valence-electron chi connectivity index (χ4n) is 4.42. The highest BCUT2D eigenvalue weighted by Crippen LogP contribution is 2.39. The summed E-state index contributed by atoms with van der Waals surface area (Å²) in [5.74, 6) is -0.0778. The maximum absolute atomic E-state index is 15.2. The van der Waals surface area contributed by atoms with Crippen LogP contribution in [0, 0.1) is 11.7 Å². The van der Waals surface area contributed by atoms with E-state index in [2.05, 4.69) is 30.9 Å². The summed E-state index contributed by atoms with van der Waals surface area (Å²) in [6, 6.07) is 6.37. The molecule has 11 nitrogen and oxygen atoms in total. The first-order valence-electron chi connectivity index (χ1n) is 11.4. The van der Waals surface area contributed by atoms with Crippen molar-refractivity contribution in [1.29, 1.82) is 0 Å². The number of hydrogen-bond donors (Lipinski definition) is 1. The van der Waals surface area contributed by atoms with E-state index < -0.39 is 5.82 Å². The van der Waals surface area contributed by atoms with Crippen molar-refractivity contribution in [3.8, 4) is 28.1 Å². The number of benzene rings is 1. The van der Waals surface area contributed by atoms with Gasteiger partial charge in [0.15, 0.2) is 5.82 Å². The minimum Gasteiger partial charge on any atom is -0.285 e. The Bertz CT molecular complexity index is 1540. The molecule has 36 heavy (non-hydrogen) atoms. The Labute approximate surface area is 209 Å². The maximum atomic E-state index is 15.2. The fraction of sp³-hybridized carbons (Fsp3) is 0.261. The molecule has 4 heterocycles. The maximum Gasteiger partial charge on any atom is 0.258 e. The number of hydrogen-bond acceptors (Lipinski definition) is 7. The molecule has 5 aromatic rings. The number of tetrazole rings is 1.